The maximum absolute atomic E-state index is 11.7. The Morgan fingerprint density at radius 3 is 2.26 bits per heavy atom. The van der Waals surface area contributed by atoms with Gasteiger partial charge in [0.05, 0.1) is 6.61 Å². The normalized spacial score (nSPS) is 14.3. The molecule has 0 aliphatic heterocycles. The molecule has 0 saturated heterocycles. The standard InChI is InChI=1S/C28H28O7/c1-6-19(5)34-25-17-22(35-28(31)9-4)11-13-24(25)23-12-10-20(18-33-27(30)8-3)16-21(23)14-15-32-26(29)7-2/h6-12,16-17,24H,1-5,13-15,18H2. The Morgan fingerprint density at radius 1 is 0.914 bits per heavy atom. The monoisotopic (exact) mass is 476 g/mol. The van der Waals surface area contributed by atoms with E-state index in [0.29, 0.717) is 30.1 Å². The average molecular weight is 477 g/mol. The highest BCUT2D eigenvalue weighted by atomic mass is 16.5. The van der Waals surface area contributed by atoms with E-state index < -0.39 is 17.9 Å². The van der Waals surface area contributed by atoms with Gasteiger partial charge in [-0.05, 0) is 35.3 Å². The fraction of sp³-hybridized carbons (Fsp3) is 0.179. The van der Waals surface area contributed by atoms with Crippen LogP contribution in [0.25, 0.3) is 0 Å². The molecule has 7 heteroatoms. The molecule has 1 aliphatic rings. The van der Waals surface area contributed by atoms with E-state index >= 15 is 0 Å². The predicted molar refractivity (Wildman–Crippen MR) is 132 cm³/mol. The Hall–Kier alpha value is -4.39. The van der Waals surface area contributed by atoms with Gasteiger partial charge in [-0.25, -0.2) is 14.4 Å². The topological polar surface area (TPSA) is 88.1 Å². The average Bonchev–Trinajstić information content (AvgIpc) is 2.87. The second-order valence-electron chi connectivity index (χ2n) is 7.31. The van der Waals surface area contributed by atoms with Crippen LogP contribution in [0.5, 0.6) is 0 Å². The minimum absolute atomic E-state index is 0.0588. The maximum atomic E-state index is 11.7. The first-order valence-corrected chi connectivity index (χ1v) is 10.8. The molecule has 35 heavy (non-hydrogen) atoms. The highest BCUT2D eigenvalue weighted by Crippen LogP contribution is 2.37. The zero-order valence-corrected chi connectivity index (χ0v) is 19.5. The van der Waals surface area contributed by atoms with Gasteiger partial charge in [0.15, 0.2) is 0 Å². The number of allylic oxidation sites excluding steroid dienone is 4. The van der Waals surface area contributed by atoms with Crippen LogP contribution in [0.2, 0.25) is 0 Å². The Kier molecular flexibility index (Phi) is 10.2. The van der Waals surface area contributed by atoms with Crippen molar-refractivity contribution < 1.29 is 33.3 Å². The van der Waals surface area contributed by atoms with E-state index in [0.717, 1.165) is 34.9 Å². The first-order chi connectivity index (χ1) is 16.8. The van der Waals surface area contributed by atoms with Crippen LogP contribution in [0.1, 0.15) is 29.0 Å². The van der Waals surface area contributed by atoms with E-state index in [2.05, 4.69) is 32.9 Å². The van der Waals surface area contributed by atoms with Crippen LogP contribution in [0, 0.1) is 0 Å². The molecule has 1 aliphatic carbocycles. The highest BCUT2D eigenvalue weighted by Gasteiger charge is 2.26. The molecule has 182 valence electrons. The summed E-state index contributed by atoms with van der Waals surface area (Å²) in [4.78, 5) is 34.6. The zero-order chi connectivity index (χ0) is 25.8. The molecule has 2 rings (SSSR count). The minimum Gasteiger partial charge on any atom is -0.462 e. The van der Waals surface area contributed by atoms with E-state index in [1.807, 2.05) is 18.2 Å². The molecule has 0 bridgehead atoms. The highest BCUT2D eigenvalue weighted by molar-refractivity contribution is 5.82. The summed E-state index contributed by atoms with van der Waals surface area (Å²) in [6, 6.07) is 5.61. The smallest absolute Gasteiger partial charge is 0.335 e. The van der Waals surface area contributed by atoms with Gasteiger partial charge >= 0.3 is 17.9 Å². The Balaban J connectivity index is 2.41. The SMILES string of the molecule is C=CC(=C)OC1=CC(OC(=O)C=C)=CCC1c1ccc(COC(=O)C=C)cc1CCOC(=O)C=C. The van der Waals surface area contributed by atoms with E-state index in [1.54, 1.807) is 12.2 Å². The zero-order valence-electron chi connectivity index (χ0n) is 19.5. The van der Waals surface area contributed by atoms with Gasteiger partial charge in [-0.15, -0.1) is 0 Å². The Morgan fingerprint density at radius 2 is 1.60 bits per heavy atom. The van der Waals surface area contributed by atoms with Gasteiger partial charge < -0.3 is 18.9 Å². The van der Waals surface area contributed by atoms with Gasteiger partial charge in [-0.1, -0.05) is 51.1 Å². The van der Waals surface area contributed by atoms with E-state index in [-0.39, 0.29) is 19.1 Å². The summed E-state index contributed by atoms with van der Waals surface area (Å²) in [5.74, 6) is -0.748. The molecule has 1 atom stereocenters. The summed E-state index contributed by atoms with van der Waals surface area (Å²) in [6.07, 6.45) is 8.98. The van der Waals surface area contributed by atoms with E-state index in [1.165, 1.54) is 6.08 Å². The lowest BCUT2D eigenvalue weighted by Crippen LogP contribution is -2.15. The molecule has 1 aromatic carbocycles. The van der Waals surface area contributed by atoms with Crippen molar-refractivity contribution in [3.63, 3.8) is 0 Å². The van der Waals surface area contributed by atoms with Gasteiger partial charge in [0.1, 0.15) is 23.9 Å². The van der Waals surface area contributed by atoms with Crippen LogP contribution in [-0.4, -0.2) is 24.5 Å². The number of benzene rings is 1. The van der Waals surface area contributed by atoms with Gasteiger partial charge in [0.25, 0.3) is 0 Å². The molecule has 1 aromatic rings. The number of carbonyl (C=O) groups is 3. The number of rotatable bonds is 13. The van der Waals surface area contributed by atoms with Crippen LogP contribution in [0.3, 0.4) is 0 Å². The third kappa shape index (κ3) is 8.16. The molecule has 0 N–H and O–H groups in total. The van der Waals surface area contributed by atoms with Gasteiger partial charge in [-0.2, -0.15) is 0 Å². The van der Waals surface area contributed by atoms with Crippen molar-refractivity contribution in [2.24, 2.45) is 0 Å². The summed E-state index contributed by atoms with van der Waals surface area (Å²) < 4.78 is 21.5. The first-order valence-electron chi connectivity index (χ1n) is 10.8. The lowest BCUT2D eigenvalue weighted by Gasteiger charge is -2.26. The first kappa shape index (κ1) is 26.9. The summed E-state index contributed by atoms with van der Waals surface area (Å²) in [5, 5.41) is 0. The van der Waals surface area contributed by atoms with Crippen LogP contribution in [0.4, 0.5) is 0 Å². The molecule has 0 amide bonds. The number of carbonyl (C=O) groups excluding carboxylic acids is 3. The molecule has 0 radical (unpaired) electrons. The quantitative estimate of drug-likeness (QED) is 0.132. The predicted octanol–water partition coefficient (Wildman–Crippen LogP) is 4.89. The van der Waals surface area contributed by atoms with Crippen molar-refractivity contribution in [1.29, 1.82) is 0 Å². The maximum Gasteiger partial charge on any atom is 0.335 e. The van der Waals surface area contributed by atoms with Crippen molar-refractivity contribution in [3.8, 4) is 0 Å². The number of esters is 3. The molecule has 0 spiro atoms. The summed E-state index contributed by atoms with van der Waals surface area (Å²) >= 11 is 0. The molecule has 0 aromatic heterocycles. The number of hydrogen-bond donors (Lipinski definition) is 0. The largest absolute Gasteiger partial charge is 0.462 e. The molecular weight excluding hydrogens is 448 g/mol. The van der Waals surface area contributed by atoms with Crippen molar-refractivity contribution in [2.45, 2.75) is 25.4 Å². The Labute approximate surface area is 205 Å². The number of ether oxygens (including phenoxy) is 4. The number of hydrogen-bond acceptors (Lipinski definition) is 7. The minimum atomic E-state index is -0.587. The second-order valence-corrected chi connectivity index (χ2v) is 7.31. The molecule has 1 unspecified atom stereocenters. The summed E-state index contributed by atoms with van der Waals surface area (Å²) in [7, 11) is 0. The Bertz CT molecular complexity index is 1100. The molecule has 0 saturated carbocycles. The fourth-order valence-electron chi connectivity index (χ4n) is 3.29. The van der Waals surface area contributed by atoms with Crippen LogP contribution >= 0.6 is 0 Å². The molecule has 0 fully saturated rings. The van der Waals surface area contributed by atoms with Crippen molar-refractivity contribution in [3.05, 3.63) is 122 Å². The van der Waals surface area contributed by atoms with E-state index in [9.17, 15) is 14.4 Å². The molecule has 7 nitrogen and oxygen atoms in total. The van der Waals surface area contributed by atoms with Gasteiger partial charge in [0, 0.05) is 36.6 Å². The summed E-state index contributed by atoms with van der Waals surface area (Å²) in [5.41, 5.74) is 2.51. The third-order valence-electron chi connectivity index (χ3n) is 4.96. The van der Waals surface area contributed by atoms with Crippen LogP contribution in [-0.2, 0) is 46.4 Å². The van der Waals surface area contributed by atoms with Crippen LogP contribution in [0.15, 0.2) is 105 Å². The molecule has 0 heterocycles. The lowest BCUT2D eigenvalue weighted by molar-refractivity contribution is -0.139. The molecular formula is C28H28O7. The summed E-state index contributed by atoms with van der Waals surface area (Å²) in [6.45, 7) is 17.9. The van der Waals surface area contributed by atoms with Crippen molar-refractivity contribution in [1.82, 2.24) is 0 Å². The second kappa shape index (κ2) is 13.3. The fourth-order valence-corrected chi connectivity index (χ4v) is 3.29. The van der Waals surface area contributed by atoms with Crippen molar-refractivity contribution in [2.75, 3.05) is 6.61 Å². The van der Waals surface area contributed by atoms with E-state index in [4.69, 9.17) is 18.9 Å². The lowest BCUT2D eigenvalue weighted by atomic mass is 9.85. The van der Waals surface area contributed by atoms with Crippen LogP contribution < -0.4 is 0 Å². The van der Waals surface area contributed by atoms with Gasteiger partial charge in [0.2, 0.25) is 0 Å². The third-order valence-corrected chi connectivity index (χ3v) is 4.96. The van der Waals surface area contributed by atoms with Crippen molar-refractivity contribution >= 4 is 17.9 Å². The van der Waals surface area contributed by atoms with Gasteiger partial charge in [-0.3, -0.25) is 0 Å².